The maximum atomic E-state index is 12.0. The van der Waals surface area contributed by atoms with Crippen molar-refractivity contribution in [3.8, 4) is 0 Å². The van der Waals surface area contributed by atoms with Gasteiger partial charge in [0.15, 0.2) is 0 Å². The van der Waals surface area contributed by atoms with Gasteiger partial charge in [0.2, 0.25) is 6.43 Å². The van der Waals surface area contributed by atoms with Crippen LogP contribution in [0.1, 0.15) is 23.6 Å². The second-order valence-corrected chi connectivity index (χ2v) is 3.15. The molecule has 0 aliphatic heterocycles. The lowest BCUT2D eigenvalue weighted by molar-refractivity contribution is 0.128. The zero-order valence-electron chi connectivity index (χ0n) is 7.50. The van der Waals surface area contributed by atoms with Gasteiger partial charge in [-0.1, -0.05) is 29.8 Å². The Bertz CT molecular complexity index is 273. The van der Waals surface area contributed by atoms with Gasteiger partial charge in [-0.2, -0.15) is 0 Å². The van der Waals surface area contributed by atoms with Gasteiger partial charge < -0.3 is 5.73 Å². The average Bonchev–Trinajstić information content (AvgIpc) is 2.03. The number of nitrogens with two attached hydrogens (primary N) is 1. The number of aryl methyl sites for hydroxylation is 1. The third kappa shape index (κ3) is 3.11. The molecule has 0 radical (unpaired) electrons. The minimum Gasteiger partial charge on any atom is -0.324 e. The van der Waals surface area contributed by atoms with Crippen LogP contribution in [0.2, 0.25) is 0 Å². The summed E-state index contributed by atoms with van der Waals surface area (Å²) < 4.78 is 24.0. The second-order valence-electron chi connectivity index (χ2n) is 3.15. The Morgan fingerprint density at radius 2 is 2.08 bits per heavy atom. The van der Waals surface area contributed by atoms with Gasteiger partial charge in [-0.3, -0.25) is 0 Å². The summed E-state index contributed by atoms with van der Waals surface area (Å²) in [5.41, 5.74) is 7.41. The molecule has 0 aliphatic rings. The fourth-order valence-electron chi connectivity index (χ4n) is 1.23. The molecule has 2 N–H and O–H groups in total. The second kappa shape index (κ2) is 4.33. The van der Waals surface area contributed by atoms with Gasteiger partial charge in [-0.25, -0.2) is 8.78 Å². The van der Waals surface area contributed by atoms with Gasteiger partial charge in [0.25, 0.3) is 0 Å². The van der Waals surface area contributed by atoms with Crippen LogP contribution >= 0.6 is 0 Å². The minimum absolute atomic E-state index is 0.274. The summed E-state index contributed by atoms with van der Waals surface area (Å²) in [6, 6.07) is 6.81. The molecule has 0 saturated heterocycles. The van der Waals surface area contributed by atoms with Gasteiger partial charge in [0.1, 0.15) is 0 Å². The van der Waals surface area contributed by atoms with Crippen LogP contribution in [0.3, 0.4) is 0 Å². The number of rotatable bonds is 3. The van der Waals surface area contributed by atoms with E-state index in [-0.39, 0.29) is 6.42 Å². The van der Waals surface area contributed by atoms with Crippen molar-refractivity contribution >= 4 is 0 Å². The summed E-state index contributed by atoms with van der Waals surface area (Å²) in [6.45, 7) is 1.92. The van der Waals surface area contributed by atoms with Gasteiger partial charge in [0.05, 0.1) is 0 Å². The van der Waals surface area contributed by atoms with Gasteiger partial charge in [-0.15, -0.1) is 0 Å². The van der Waals surface area contributed by atoms with Crippen molar-refractivity contribution in [2.45, 2.75) is 25.8 Å². The summed E-state index contributed by atoms with van der Waals surface area (Å²) in [5.74, 6) is 0. The first-order valence-corrected chi connectivity index (χ1v) is 4.20. The molecule has 1 rings (SSSR count). The van der Waals surface area contributed by atoms with Crippen LogP contribution in [-0.4, -0.2) is 6.43 Å². The smallest absolute Gasteiger partial charge is 0.240 e. The molecule has 0 bridgehead atoms. The predicted molar refractivity (Wildman–Crippen MR) is 48.7 cm³/mol. The summed E-state index contributed by atoms with van der Waals surface area (Å²) in [5, 5.41) is 0. The highest BCUT2D eigenvalue weighted by atomic mass is 19.3. The summed E-state index contributed by atoms with van der Waals surface area (Å²) in [7, 11) is 0. The Labute approximate surface area is 76.6 Å². The minimum atomic E-state index is -2.34. The first-order chi connectivity index (χ1) is 6.09. The Morgan fingerprint density at radius 3 is 2.62 bits per heavy atom. The Morgan fingerprint density at radius 1 is 1.38 bits per heavy atom. The van der Waals surface area contributed by atoms with E-state index in [1.807, 2.05) is 25.1 Å². The number of hydrogen-bond acceptors (Lipinski definition) is 1. The number of alkyl halides is 2. The molecular formula is C10H13F2N. The molecule has 3 heteroatoms. The average molecular weight is 185 g/mol. The molecule has 0 fully saturated rings. The van der Waals surface area contributed by atoms with E-state index in [0.29, 0.717) is 0 Å². The molecule has 1 nitrogen and oxygen atoms in total. The van der Waals surface area contributed by atoms with Crippen LogP contribution in [-0.2, 0) is 0 Å². The van der Waals surface area contributed by atoms with E-state index in [4.69, 9.17) is 5.73 Å². The predicted octanol–water partition coefficient (Wildman–Crippen LogP) is 2.65. The monoisotopic (exact) mass is 185 g/mol. The Kier molecular flexibility index (Phi) is 3.37. The highest BCUT2D eigenvalue weighted by Crippen LogP contribution is 2.18. The molecule has 0 amide bonds. The molecule has 0 heterocycles. The highest BCUT2D eigenvalue weighted by Gasteiger charge is 2.12. The molecular weight excluding hydrogens is 172 g/mol. The van der Waals surface area contributed by atoms with Crippen molar-refractivity contribution in [3.63, 3.8) is 0 Å². The van der Waals surface area contributed by atoms with Crippen molar-refractivity contribution in [1.82, 2.24) is 0 Å². The normalized spacial score (nSPS) is 13.3. The fourth-order valence-corrected chi connectivity index (χ4v) is 1.23. The van der Waals surface area contributed by atoms with Crippen LogP contribution in [0.4, 0.5) is 8.78 Å². The fraction of sp³-hybridized carbons (Fsp3) is 0.400. The third-order valence-corrected chi connectivity index (χ3v) is 1.90. The van der Waals surface area contributed by atoms with E-state index in [0.717, 1.165) is 11.1 Å². The maximum Gasteiger partial charge on any atom is 0.240 e. The number of halogens is 2. The summed E-state index contributed by atoms with van der Waals surface area (Å²) in [6.07, 6.45) is -2.61. The van der Waals surface area contributed by atoms with Crippen molar-refractivity contribution < 1.29 is 8.78 Å². The molecule has 0 aromatic heterocycles. The van der Waals surface area contributed by atoms with Crippen molar-refractivity contribution in [2.24, 2.45) is 5.73 Å². The van der Waals surface area contributed by atoms with Crippen molar-refractivity contribution in [3.05, 3.63) is 35.4 Å². The van der Waals surface area contributed by atoms with Crippen LogP contribution < -0.4 is 5.73 Å². The van der Waals surface area contributed by atoms with Crippen molar-refractivity contribution in [2.75, 3.05) is 0 Å². The number of benzene rings is 1. The standard InChI is InChI=1S/C10H13F2N/c1-7-3-2-4-8(5-7)9(13)6-10(11)12/h2-5,9-10H,6,13H2,1H3/t9-/m1/s1. The highest BCUT2D eigenvalue weighted by molar-refractivity contribution is 5.24. The quantitative estimate of drug-likeness (QED) is 0.769. The Hall–Kier alpha value is -0.960. The zero-order chi connectivity index (χ0) is 9.84. The van der Waals surface area contributed by atoms with E-state index < -0.39 is 12.5 Å². The van der Waals surface area contributed by atoms with E-state index in [2.05, 4.69) is 0 Å². The van der Waals surface area contributed by atoms with Gasteiger partial charge in [0, 0.05) is 12.5 Å². The molecule has 0 saturated carbocycles. The van der Waals surface area contributed by atoms with Crippen LogP contribution in [0.5, 0.6) is 0 Å². The molecule has 0 spiro atoms. The molecule has 0 unspecified atom stereocenters. The molecule has 0 aliphatic carbocycles. The first-order valence-electron chi connectivity index (χ1n) is 4.20. The summed E-state index contributed by atoms with van der Waals surface area (Å²) >= 11 is 0. The van der Waals surface area contributed by atoms with E-state index in [9.17, 15) is 8.78 Å². The van der Waals surface area contributed by atoms with E-state index >= 15 is 0 Å². The molecule has 1 aromatic rings. The van der Waals surface area contributed by atoms with E-state index in [1.54, 1.807) is 6.07 Å². The lowest BCUT2D eigenvalue weighted by Crippen LogP contribution is -2.13. The maximum absolute atomic E-state index is 12.0. The SMILES string of the molecule is Cc1cccc([C@H](N)CC(F)F)c1. The largest absolute Gasteiger partial charge is 0.324 e. The number of hydrogen-bond donors (Lipinski definition) is 1. The third-order valence-electron chi connectivity index (χ3n) is 1.90. The van der Waals surface area contributed by atoms with Gasteiger partial charge >= 0.3 is 0 Å². The first kappa shape index (κ1) is 10.1. The summed E-state index contributed by atoms with van der Waals surface area (Å²) in [4.78, 5) is 0. The zero-order valence-corrected chi connectivity index (χ0v) is 7.50. The van der Waals surface area contributed by atoms with Crippen LogP contribution in [0, 0.1) is 6.92 Å². The molecule has 13 heavy (non-hydrogen) atoms. The van der Waals surface area contributed by atoms with E-state index in [1.165, 1.54) is 0 Å². The van der Waals surface area contributed by atoms with Gasteiger partial charge in [-0.05, 0) is 12.5 Å². The van der Waals surface area contributed by atoms with Crippen LogP contribution in [0.15, 0.2) is 24.3 Å². The topological polar surface area (TPSA) is 26.0 Å². The van der Waals surface area contributed by atoms with Crippen molar-refractivity contribution in [1.29, 1.82) is 0 Å². The Balaban J connectivity index is 2.71. The molecule has 1 atom stereocenters. The lowest BCUT2D eigenvalue weighted by atomic mass is 10.0. The molecule has 1 aromatic carbocycles. The molecule has 72 valence electrons. The van der Waals surface area contributed by atoms with Crippen LogP contribution in [0.25, 0.3) is 0 Å². The lowest BCUT2D eigenvalue weighted by Gasteiger charge is -2.11.